The fraction of sp³-hybridized carbons (Fsp3) is 0.194. The number of benzene rings is 3. The van der Waals surface area contributed by atoms with E-state index >= 15 is 0 Å². The van der Waals surface area contributed by atoms with Gasteiger partial charge in [-0.2, -0.15) is 0 Å². The summed E-state index contributed by atoms with van der Waals surface area (Å²) in [6.07, 6.45) is 0.630. The number of hydrogen-bond acceptors (Lipinski definition) is 7. The van der Waals surface area contributed by atoms with Crippen LogP contribution in [0, 0.1) is 11.7 Å². The molecular formula is C31H23FN4O4S. The highest BCUT2D eigenvalue weighted by molar-refractivity contribution is 7.15. The van der Waals surface area contributed by atoms with Crippen LogP contribution in [0.15, 0.2) is 82.0 Å². The summed E-state index contributed by atoms with van der Waals surface area (Å²) < 4.78 is 20.3. The third-order valence-corrected chi connectivity index (χ3v) is 8.43. The van der Waals surface area contributed by atoms with Crippen molar-refractivity contribution in [3.8, 4) is 0 Å². The average molecular weight is 567 g/mol. The zero-order chi connectivity index (χ0) is 28.5. The Labute approximate surface area is 237 Å². The number of amides is 2. The number of rotatable bonds is 5. The Morgan fingerprint density at radius 1 is 0.976 bits per heavy atom. The third-order valence-electron chi connectivity index (χ3n) is 7.50. The molecular weight excluding hydrogens is 543 g/mol. The van der Waals surface area contributed by atoms with Gasteiger partial charge in [0.15, 0.2) is 11.0 Å². The molecule has 4 heterocycles. The van der Waals surface area contributed by atoms with Crippen molar-refractivity contribution in [2.75, 3.05) is 9.80 Å². The maximum atomic E-state index is 14.9. The van der Waals surface area contributed by atoms with Gasteiger partial charge in [-0.05, 0) is 35.7 Å². The molecule has 0 aliphatic carbocycles. The predicted molar refractivity (Wildman–Crippen MR) is 153 cm³/mol. The summed E-state index contributed by atoms with van der Waals surface area (Å²) in [5.41, 5.74) is -0.783. The largest absolute Gasteiger partial charge is 0.450 e. The maximum absolute atomic E-state index is 14.9. The van der Waals surface area contributed by atoms with Gasteiger partial charge in [-0.25, -0.2) is 4.39 Å². The average Bonchev–Trinajstić information content (AvgIpc) is 3.58. The second kappa shape index (κ2) is 9.17. The van der Waals surface area contributed by atoms with E-state index < -0.39 is 28.6 Å². The summed E-state index contributed by atoms with van der Waals surface area (Å²) in [5, 5.41) is 9.45. The number of fused-ring (bicyclic) bond motifs is 5. The molecule has 7 rings (SSSR count). The zero-order valence-electron chi connectivity index (χ0n) is 22.1. The van der Waals surface area contributed by atoms with Crippen molar-refractivity contribution >= 4 is 44.9 Å². The number of aromatic nitrogens is 2. The molecule has 2 aromatic heterocycles. The van der Waals surface area contributed by atoms with E-state index in [-0.39, 0.29) is 39.9 Å². The quantitative estimate of drug-likeness (QED) is 0.281. The highest BCUT2D eigenvalue weighted by Gasteiger charge is 2.66. The highest BCUT2D eigenvalue weighted by Crippen LogP contribution is 2.54. The third kappa shape index (κ3) is 3.60. The van der Waals surface area contributed by atoms with E-state index in [0.717, 1.165) is 17.7 Å². The number of anilines is 2. The van der Waals surface area contributed by atoms with Gasteiger partial charge >= 0.3 is 0 Å². The van der Waals surface area contributed by atoms with Crippen LogP contribution in [-0.2, 0) is 23.3 Å². The van der Waals surface area contributed by atoms with Crippen molar-refractivity contribution in [2.24, 2.45) is 5.92 Å². The Balaban J connectivity index is 1.54. The van der Waals surface area contributed by atoms with Gasteiger partial charge in [0.2, 0.25) is 10.9 Å². The first kappa shape index (κ1) is 25.3. The molecule has 3 aromatic carbocycles. The molecule has 0 saturated heterocycles. The molecule has 1 spiro atoms. The van der Waals surface area contributed by atoms with Crippen molar-refractivity contribution in [3.05, 3.63) is 116 Å². The summed E-state index contributed by atoms with van der Waals surface area (Å²) in [7, 11) is 0. The maximum Gasteiger partial charge on any atom is 0.297 e. The molecule has 204 valence electrons. The lowest BCUT2D eigenvalue weighted by Gasteiger charge is -2.32. The smallest absolute Gasteiger partial charge is 0.297 e. The summed E-state index contributed by atoms with van der Waals surface area (Å²) in [5.74, 6) is -1.79. The van der Waals surface area contributed by atoms with E-state index in [1.54, 1.807) is 29.2 Å². The Bertz CT molecular complexity index is 1940. The fourth-order valence-corrected chi connectivity index (χ4v) is 6.93. The monoisotopic (exact) mass is 566 g/mol. The fourth-order valence-electron chi connectivity index (χ4n) is 5.82. The van der Waals surface area contributed by atoms with Crippen molar-refractivity contribution in [1.29, 1.82) is 0 Å². The summed E-state index contributed by atoms with van der Waals surface area (Å²) in [6.45, 7) is 4.30. The topological polar surface area (TPSA) is 96.6 Å². The van der Waals surface area contributed by atoms with Crippen LogP contribution in [-0.4, -0.2) is 22.0 Å². The molecule has 10 heteroatoms. The lowest BCUT2D eigenvalue weighted by Crippen LogP contribution is -2.53. The van der Waals surface area contributed by atoms with Crippen LogP contribution in [0.5, 0.6) is 0 Å². The Morgan fingerprint density at radius 2 is 1.73 bits per heavy atom. The molecule has 8 nitrogen and oxygen atoms in total. The van der Waals surface area contributed by atoms with E-state index in [0.29, 0.717) is 22.7 Å². The number of nitrogens with zero attached hydrogens (tertiary/aromatic N) is 4. The molecule has 41 heavy (non-hydrogen) atoms. The summed E-state index contributed by atoms with van der Waals surface area (Å²) >= 11 is 1.20. The Morgan fingerprint density at radius 3 is 2.51 bits per heavy atom. The van der Waals surface area contributed by atoms with Crippen LogP contribution in [0.4, 0.5) is 15.2 Å². The van der Waals surface area contributed by atoms with Crippen LogP contribution in [0.3, 0.4) is 0 Å². The number of para-hydroxylation sites is 1. The van der Waals surface area contributed by atoms with E-state index in [1.807, 2.05) is 44.2 Å². The molecule has 1 unspecified atom stereocenters. The van der Waals surface area contributed by atoms with E-state index in [1.165, 1.54) is 22.3 Å². The number of halogens is 1. The molecule has 2 amide bonds. The molecule has 0 bridgehead atoms. The molecule has 0 fully saturated rings. The number of hydrogen-bond donors (Lipinski definition) is 0. The van der Waals surface area contributed by atoms with Gasteiger partial charge in [0, 0.05) is 12.0 Å². The van der Waals surface area contributed by atoms with Crippen molar-refractivity contribution < 1.29 is 18.4 Å². The lowest BCUT2D eigenvalue weighted by atomic mass is 9.84. The van der Waals surface area contributed by atoms with Crippen LogP contribution in [0.2, 0.25) is 0 Å². The Kier molecular flexibility index (Phi) is 5.65. The van der Waals surface area contributed by atoms with Crippen molar-refractivity contribution in [2.45, 2.75) is 32.4 Å². The molecule has 1 atom stereocenters. The van der Waals surface area contributed by atoms with Gasteiger partial charge < -0.3 is 9.32 Å². The first-order chi connectivity index (χ1) is 19.8. The van der Waals surface area contributed by atoms with Gasteiger partial charge in [0.1, 0.15) is 16.4 Å². The molecule has 2 aliphatic rings. The van der Waals surface area contributed by atoms with Gasteiger partial charge in [-0.15, -0.1) is 10.2 Å². The molecule has 0 radical (unpaired) electrons. The lowest BCUT2D eigenvalue weighted by molar-refractivity contribution is -0.121. The summed E-state index contributed by atoms with van der Waals surface area (Å²) in [6, 6.07) is 20.1. The van der Waals surface area contributed by atoms with E-state index in [2.05, 4.69) is 10.2 Å². The van der Waals surface area contributed by atoms with Gasteiger partial charge in [-0.1, -0.05) is 73.7 Å². The number of carbonyl (C=O) groups excluding carboxylic acids is 2. The molecule has 0 saturated carbocycles. The minimum Gasteiger partial charge on any atom is -0.450 e. The second-order valence-electron chi connectivity index (χ2n) is 10.6. The first-order valence-corrected chi connectivity index (χ1v) is 14.0. The second-order valence-corrected chi connectivity index (χ2v) is 11.6. The van der Waals surface area contributed by atoms with E-state index in [9.17, 15) is 18.8 Å². The predicted octanol–water partition coefficient (Wildman–Crippen LogP) is 5.43. The van der Waals surface area contributed by atoms with Crippen LogP contribution >= 0.6 is 11.3 Å². The minimum absolute atomic E-state index is 0.0534. The van der Waals surface area contributed by atoms with Crippen molar-refractivity contribution in [1.82, 2.24) is 10.2 Å². The SMILES string of the molecule is CC(C)Cc1nnc(N2C(=O)c3oc4ccc(F)cc4c(=O)c3C23C(=O)N(Cc2ccccc2)c2ccccc23)s1. The first-order valence-electron chi connectivity index (χ1n) is 13.2. The van der Waals surface area contributed by atoms with Crippen LogP contribution < -0.4 is 15.2 Å². The molecule has 2 aliphatic heterocycles. The van der Waals surface area contributed by atoms with Gasteiger partial charge in [-0.3, -0.25) is 19.3 Å². The van der Waals surface area contributed by atoms with Gasteiger partial charge in [0.25, 0.3) is 11.8 Å². The molecule has 5 aromatic rings. The standard InChI is InChI=1S/C31H23FN4O4S/c1-17(2)14-24-33-34-30(41-24)36-28(38)27-25(26(37)20-15-19(32)12-13-23(20)40-27)31(36)21-10-6-7-11-22(21)35(29(31)39)16-18-8-4-3-5-9-18/h3-13,15,17H,14,16H2,1-2H3. The van der Waals surface area contributed by atoms with E-state index in [4.69, 9.17) is 4.42 Å². The minimum atomic E-state index is -1.91. The van der Waals surface area contributed by atoms with Crippen molar-refractivity contribution in [3.63, 3.8) is 0 Å². The highest BCUT2D eigenvalue weighted by atomic mass is 32.1. The Hall–Kier alpha value is -4.70. The summed E-state index contributed by atoms with van der Waals surface area (Å²) in [4.78, 5) is 46.2. The normalized spacial score (nSPS) is 17.8. The van der Waals surface area contributed by atoms with Crippen LogP contribution in [0.25, 0.3) is 11.0 Å². The number of carbonyl (C=O) groups is 2. The molecule has 0 N–H and O–H groups in total. The zero-order valence-corrected chi connectivity index (χ0v) is 22.9. The van der Waals surface area contributed by atoms with Gasteiger partial charge in [0.05, 0.1) is 23.2 Å². The van der Waals surface area contributed by atoms with Crippen LogP contribution in [0.1, 0.15) is 46.1 Å².